The molecule has 0 atom stereocenters. The summed E-state index contributed by atoms with van der Waals surface area (Å²) in [6.45, 7) is -0.228. The maximum Gasteiger partial charge on any atom is 0.411 e. The zero-order valence-corrected chi connectivity index (χ0v) is 18.6. The van der Waals surface area contributed by atoms with Crippen LogP contribution in [0.1, 0.15) is 20.8 Å². The smallest absolute Gasteiger partial charge is 0.411 e. The lowest BCUT2D eigenvalue weighted by Crippen LogP contribution is -2.47. The molecule has 0 aliphatic rings. The lowest BCUT2D eigenvalue weighted by Gasteiger charge is -2.05. The molecule has 9 nitrogen and oxygen atoms in total. The average molecular weight is 459 g/mol. The number of carbonyl (C=O) groups excluding carboxylic acids is 2. The van der Waals surface area contributed by atoms with Gasteiger partial charge in [0.1, 0.15) is 11.5 Å². The summed E-state index contributed by atoms with van der Waals surface area (Å²) in [5, 5.41) is 5.57. The number of ether oxygens (including phenoxy) is 2. The third-order valence-electron chi connectivity index (χ3n) is 5.19. The molecule has 0 saturated carbocycles. The Balaban J connectivity index is 1.72. The van der Waals surface area contributed by atoms with Crippen molar-refractivity contribution < 1.29 is 23.7 Å². The molecule has 0 radical (unpaired) electrons. The number of hydrogen-bond donors (Lipinski definition) is 2. The van der Waals surface area contributed by atoms with E-state index < -0.39 is 11.5 Å². The molecule has 1 heterocycles. The highest BCUT2D eigenvalue weighted by Crippen LogP contribution is 2.16. The summed E-state index contributed by atoms with van der Waals surface area (Å²) in [6.07, 6.45) is 0. The Morgan fingerprint density at radius 2 is 1.47 bits per heavy atom. The lowest BCUT2D eigenvalue weighted by molar-refractivity contribution is -0.743. The fraction of sp³-hybridized carbons (Fsp3) is 0.120. The number of benzene rings is 3. The van der Waals surface area contributed by atoms with Crippen LogP contribution in [0.5, 0.6) is 11.5 Å². The minimum atomic E-state index is -0.653. The van der Waals surface area contributed by atoms with E-state index in [4.69, 9.17) is 9.47 Å². The summed E-state index contributed by atoms with van der Waals surface area (Å²) in [7, 11) is 3.09. The Kier molecular flexibility index (Phi) is 6.54. The van der Waals surface area contributed by atoms with Crippen LogP contribution in [-0.2, 0) is 6.54 Å². The van der Waals surface area contributed by atoms with E-state index in [1.54, 1.807) is 93.1 Å². The molecule has 0 spiro atoms. The average Bonchev–Trinajstić information content (AvgIpc) is 3.20. The van der Waals surface area contributed by atoms with Crippen LogP contribution in [0.25, 0.3) is 5.69 Å². The quantitative estimate of drug-likeness (QED) is 0.311. The fourth-order valence-corrected chi connectivity index (χ4v) is 3.40. The van der Waals surface area contributed by atoms with E-state index in [1.165, 1.54) is 9.36 Å². The number of Topliss-reactive ketones (excluding diaryl/α,β-unsaturated/α-hetero) is 1. The summed E-state index contributed by atoms with van der Waals surface area (Å²) < 4.78 is 12.8. The SMILES string of the molecule is COc1ccc(NC(=O)c2c(=O)n(-c3ccc(OC)cc3)[nH][n+]2CC(=O)c2ccccc2)cc1. The van der Waals surface area contributed by atoms with Gasteiger partial charge in [-0.25, -0.2) is 4.79 Å². The first kappa shape index (κ1) is 22.5. The van der Waals surface area contributed by atoms with Crippen LogP contribution in [0.15, 0.2) is 83.7 Å². The summed E-state index contributed by atoms with van der Waals surface area (Å²) in [5.74, 6) is 0.338. The number of nitrogens with one attached hydrogen (secondary N) is 2. The number of H-pyrrole nitrogens is 1. The molecule has 34 heavy (non-hydrogen) atoms. The Hall–Kier alpha value is -4.66. The van der Waals surface area contributed by atoms with E-state index in [2.05, 4.69) is 10.5 Å². The highest BCUT2D eigenvalue weighted by molar-refractivity contribution is 6.02. The molecule has 3 aromatic carbocycles. The second kappa shape index (κ2) is 9.86. The van der Waals surface area contributed by atoms with Gasteiger partial charge in [-0.3, -0.25) is 9.59 Å². The van der Waals surface area contributed by atoms with Gasteiger partial charge in [0, 0.05) is 11.3 Å². The predicted molar refractivity (Wildman–Crippen MR) is 125 cm³/mol. The second-order valence-corrected chi connectivity index (χ2v) is 7.35. The van der Waals surface area contributed by atoms with Gasteiger partial charge in [0.2, 0.25) is 5.78 Å². The van der Waals surface area contributed by atoms with E-state index >= 15 is 0 Å². The van der Waals surface area contributed by atoms with Gasteiger partial charge in [0.05, 0.1) is 14.2 Å². The molecule has 0 fully saturated rings. The van der Waals surface area contributed by atoms with Gasteiger partial charge < -0.3 is 14.8 Å². The van der Waals surface area contributed by atoms with Crippen LogP contribution in [0.2, 0.25) is 0 Å². The summed E-state index contributed by atoms with van der Waals surface area (Å²) in [6, 6.07) is 22.1. The molecule has 1 amide bonds. The van der Waals surface area contributed by atoms with Crippen molar-refractivity contribution in [1.29, 1.82) is 0 Å². The maximum atomic E-state index is 13.3. The van der Waals surface area contributed by atoms with E-state index in [-0.39, 0.29) is 18.0 Å². The number of rotatable bonds is 8. The molecule has 0 bridgehead atoms. The van der Waals surface area contributed by atoms with Gasteiger partial charge >= 0.3 is 17.2 Å². The van der Waals surface area contributed by atoms with Crippen LogP contribution >= 0.6 is 0 Å². The monoisotopic (exact) mass is 459 g/mol. The van der Waals surface area contributed by atoms with Crippen LogP contribution in [0, 0.1) is 0 Å². The molecule has 2 N–H and O–H groups in total. The zero-order valence-electron chi connectivity index (χ0n) is 18.6. The highest BCUT2D eigenvalue weighted by atomic mass is 16.5. The number of aromatic amines is 1. The normalized spacial score (nSPS) is 10.5. The standard InChI is InChI=1S/C25H22N4O5/c1-33-20-12-8-18(9-13-20)26-24(31)23-25(32)29(19-10-14-21(34-2)15-11-19)27-28(23)16-22(30)17-6-4-3-5-7-17/h3-15H,16H2,1-2H3,(H-,26,27,31,32)/p+1. The molecule has 0 saturated heterocycles. The van der Waals surface area contributed by atoms with Crippen molar-refractivity contribution in [3.63, 3.8) is 0 Å². The van der Waals surface area contributed by atoms with Gasteiger partial charge in [0.25, 0.3) is 0 Å². The Labute approximate surface area is 195 Å². The number of nitrogens with zero attached hydrogens (tertiary/aromatic N) is 2. The summed E-state index contributed by atoms with van der Waals surface area (Å²) in [5.41, 5.74) is 0.612. The molecule has 4 aromatic rings. The molecule has 1 aromatic heterocycles. The van der Waals surface area contributed by atoms with Crippen molar-refractivity contribution in [2.75, 3.05) is 19.5 Å². The van der Waals surface area contributed by atoms with Crippen molar-refractivity contribution >= 4 is 17.4 Å². The topological polar surface area (TPSA) is 106 Å². The fourth-order valence-electron chi connectivity index (χ4n) is 3.40. The van der Waals surface area contributed by atoms with Gasteiger partial charge in [-0.2, -0.15) is 0 Å². The number of amides is 1. The predicted octanol–water partition coefficient (Wildman–Crippen LogP) is 2.61. The molecular weight excluding hydrogens is 436 g/mol. The molecular formula is C25H23N4O5+. The highest BCUT2D eigenvalue weighted by Gasteiger charge is 2.30. The minimum Gasteiger partial charge on any atom is -0.497 e. The van der Waals surface area contributed by atoms with Gasteiger partial charge in [-0.05, 0) is 48.5 Å². The molecule has 9 heteroatoms. The lowest BCUT2D eigenvalue weighted by atomic mass is 10.1. The number of methoxy groups -OCH3 is 2. The minimum absolute atomic E-state index is 0.212. The maximum absolute atomic E-state index is 13.3. The number of aromatic nitrogens is 3. The zero-order chi connectivity index (χ0) is 24.1. The Morgan fingerprint density at radius 3 is 2.06 bits per heavy atom. The van der Waals surface area contributed by atoms with Crippen LogP contribution < -0.4 is 25.0 Å². The first-order valence-corrected chi connectivity index (χ1v) is 10.4. The van der Waals surface area contributed by atoms with E-state index in [1.807, 2.05) is 0 Å². The first-order valence-electron chi connectivity index (χ1n) is 10.4. The molecule has 0 aliphatic carbocycles. The number of ketones is 1. The van der Waals surface area contributed by atoms with Crippen LogP contribution in [-0.4, -0.2) is 35.8 Å². The van der Waals surface area contributed by atoms with Crippen molar-refractivity contribution in [3.05, 3.63) is 100 Å². The number of hydrogen-bond acceptors (Lipinski definition) is 5. The van der Waals surface area contributed by atoms with E-state index in [9.17, 15) is 14.4 Å². The number of carbonyl (C=O) groups is 2. The first-order chi connectivity index (χ1) is 16.5. The largest absolute Gasteiger partial charge is 0.497 e. The third kappa shape index (κ3) is 4.73. The van der Waals surface area contributed by atoms with Gasteiger partial charge in [0.15, 0.2) is 12.2 Å². The van der Waals surface area contributed by atoms with E-state index in [0.717, 1.165) is 0 Å². The Bertz CT molecular complexity index is 1360. The van der Waals surface area contributed by atoms with Gasteiger partial charge in [-0.1, -0.05) is 40.2 Å². The second-order valence-electron chi connectivity index (χ2n) is 7.35. The molecule has 172 valence electrons. The molecule has 0 aliphatic heterocycles. The van der Waals surface area contributed by atoms with Crippen molar-refractivity contribution in [2.24, 2.45) is 0 Å². The van der Waals surface area contributed by atoms with Crippen molar-refractivity contribution in [2.45, 2.75) is 6.54 Å². The number of anilines is 1. The summed E-state index contributed by atoms with van der Waals surface area (Å²) >= 11 is 0. The van der Waals surface area contributed by atoms with Crippen molar-refractivity contribution in [1.82, 2.24) is 9.90 Å². The summed E-state index contributed by atoms with van der Waals surface area (Å²) in [4.78, 5) is 39.3. The van der Waals surface area contributed by atoms with Crippen molar-refractivity contribution in [3.8, 4) is 17.2 Å². The Morgan fingerprint density at radius 1 is 0.882 bits per heavy atom. The van der Waals surface area contributed by atoms with Gasteiger partial charge in [-0.15, -0.1) is 4.68 Å². The van der Waals surface area contributed by atoms with Crippen LogP contribution in [0.4, 0.5) is 5.69 Å². The van der Waals surface area contributed by atoms with Crippen LogP contribution in [0.3, 0.4) is 0 Å². The molecule has 0 unspecified atom stereocenters. The third-order valence-corrected chi connectivity index (χ3v) is 5.19. The molecule has 4 rings (SSSR count). The van der Waals surface area contributed by atoms with E-state index in [0.29, 0.717) is 28.4 Å².